The third kappa shape index (κ3) is 18.7. The molecule has 2 amide bonds. The van der Waals surface area contributed by atoms with Gasteiger partial charge in [0, 0.05) is 19.6 Å². The molecule has 0 aliphatic carbocycles. The number of alkyl carbamates (subject to hydrolysis) is 1. The van der Waals surface area contributed by atoms with E-state index in [4.69, 9.17) is 10.1 Å². The molecule has 0 heterocycles. The van der Waals surface area contributed by atoms with Crippen LogP contribution in [0.4, 0.5) is 4.79 Å². The van der Waals surface area contributed by atoms with Gasteiger partial charge in [-0.15, -0.1) is 0 Å². The van der Waals surface area contributed by atoms with Gasteiger partial charge >= 0.3 is 6.09 Å². The zero-order valence-corrected chi connectivity index (χ0v) is 23.1. The summed E-state index contributed by atoms with van der Waals surface area (Å²) < 4.78 is 5.38. The molecule has 0 aromatic heterocycles. The highest BCUT2D eigenvalue weighted by molar-refractivity contribution is 5.85. The van der Waals surface area contributed by atoms with E-state index in [1.807, 2.05) is 4.90 Å². The second-order valence-corrected chi connectivity index (χ2v) is 10.2. The first-order valence-electron chi connectivity index (χ1n) is 13.5. The Morgan fingerprint density at radius 2 is 1.47 bits per heavy atom. The lowest BCUT2D eigenvalue weighted by molar-refractivity contribution is -0.525. The van der Waals surface area contributed by atoms with Crippen molar-refractivity contribution in [3.8, 4) is 0 Å². The van der Waals surface area contributed by atoms with E-state index in [1.165, 1.54) is 12.8 Å². The first-order chi connectivity index (χ1) is 17.0. The van der Waals surface area contributed by atoms with Crippen molar-refractivity contribution in [2.24, 2.45) is 0 Å². The summed E-state index contributed by atoms with van der Waals surface area (Å²) in [4.78, 5) is 38.3. The zero-order chi connectivity index (χ0) is 27.4. The third-order valence-electron chi connectivity index (χ3n) is 5.54. The summed E-state index contributed by atoms with van der Waals surface area (Å²) in [5, 5.41) is 22.5. The largest absolute Gasteiger partial charge is 0.444 e. The average molecular weight is 515 g/mol. The van der Waals surface area contributed by atoms with Crippen molar-refractivity contribution in [3.05, 3.63) is 10.1 Å². The van der Waals surface area contributed by atoms with Crippen LogP contribution in [-0.4, -0.2) is 59.2 Å². The van der Waals surface area contributed by atoms with E-state index < -0.39 is 28.7 Å². The fourth-order valence-electron chi connectivity index (χ4n) is 3.72. The Hall–Kier alpha value is -2.59. The molecule has 0 bridgehead atoms. The number of nitrogens with one attached hydrogen (secondary N) is 4. The number of hydrogen-bond acceptors (Lipinski definition) is 6. The molecule has 1 atom stereocenters. The molecule has 0 aliphatic heterocycles. The lowest BCUT2D eigenvalue weighted by Crippen LogP contribution is -2.50. The van der Waals surface area contributed by atoms with Gasteiger partial charge in [0.1, 0.15) is 11.6 Å². The summed E-state index contributed by atoms with van der Waals surface area (Å²) in [7, 11) is 0. The molecule has 0 radical (unpaired) electrons. The van der Waals surface area contributed by atoms with E-state index in [0.717, 1.165) is 51.4 Å². The van der Waals surface area contributed by atoms with E-state index in [1.54, 1.807) is 26.2 Å². The van der Waals surface area contributed by atoms with Crippen LogP contribution in [0.25, 0.3) is 0 Å². The van der Waals surface area contributed by atoms with E-state index in [2.05, 4.69) is 24.5 Å². The predicted molar refractivity (Wildman–Crippen MR) is 142 cm³/mol. The van der Waals surface area contributed by atoms with Crippen LogP contribution in [0, 0.1) is 15.5 Å². The van der Waals surface area contributed by atoms with Crippen LogP contribution in [0.1, 0.15) is 112 Å². The van der Waals surface area contributed by atoms with Crippen LogP contribution in [0.2, 0.25) is 0 Å². The first kappa shape index (κ1) is 33.4. The highest BCUT2D eigenvalue weighted by Gasteiger charge is 2.27. The van der Waals surface area contributed by atoms with E-state index in [9.17, 15) is 19.7 Å². The van der Waals surface area contributed by atoms with E-state index in [-0.39, 0.29) is 12.5 Å². The summed E-state index contributed by atoms with van der Waals surface area (Å²) in [6.07, 6.45) is 11.0. The number of hydrazine groups is 1. The SMILES string of the molecule is CCCCCCCN(CCCCCCC)C(=O)[C@H](CCCNC(=N)N[N+](=O)[O-])NC(=O)OC(C)(C)C. The van der Waals surface area contributed by atoms with Gasteiger partial charge in [-0.3, -0.25) is 10.2 Å². The molecule has 0 rings (SSSR count). The van der Waals surface area contributed by atoms with Gasteiger partial charge in [0.05, 0.1) is 0 Å². The van der Waals surface area contributed by atoms with Crippen LogP contribution in [0.15, 0.2) is 0 Å². The maximum Gasteiger partial charge on any atom is 0.408 e. The minimum absolute atomic E-state index is 0.134. The van der Waals surface area contributed by atoms with Crippen LogP contribution in [0.3, 0.4) is 0 Å². The molecule has 0 aromatic rings. The molecule has 0 spiro atoms. The van der Waals surface area contributed by atoms with Gasteiger partial charge in [0.2, 0.25) is 5.91 Å². The monoisotopic (exact) mass is 514 g/mol. The van der Waals surface area contributed by atoms with Gasteiger partial charge in [0.25, 0.3) is 5.96 Å². The molecular weight excluding hydrogens is 464 g/mol. The lowest BCUT2D eigenvalue weighted by atomic mass is 10.1. The van der Waals surface area contributed by atoms with Gasteiger partial charge in [-0.1, -0.05) is 70.6 Å². The Kier molecular flexibility index (Phi) is 18.2. The summed E-state index contributed by atoms with van der Waals surface area (Å²) in [5.41, 5.74) is 1.04. The molecule has 0 aromatic carbocycles. The highest BCUT2D eigenvalue weighted by atomic mass is 16.7. The number of unbranched alkanes of at least 4 members (excludes halogenated alkanes) is 8. The zero-order valence-electron chi connectivity index (χ0n) is 23.1. The van der Waals surface area contributed by atoms with Crippen molar-refractivity contribution in [3.63, 3.8) is 0 Å². The second-order valence-electron chi connectivity index (χ2n) is 10.2. The minimum Gasteiger partial charge on any atom is -0.444 e. The standard InChI is InChI=1S/C25H50N6O5/c1-6-8-10-12-14-19-30(20-15-13-11-9-7-2)22(32)21(28-24(33)36-25(3,4)5)17-16-18-27-23(26)29-31(34)35/h21H,6-20H2,1-5H3,(H,28,33)(H3,26,27,29)/t21-/m0/s1. The van der Waals surface area contributed by atoms with Crippen LogP contribution in [-0.2, 0) is 9.53 Å². The molecule has 11 nitrogen and oxygen atoms in total. The van der Waals surface area contributed by atoms with Crippen molar-refractivity contribution in [1.29, 1.82) is 5.41 Å². The minimum atomic E-state index is -0.815. The molecule has 210 valence electrons. The second kappa shape index (κ2) is 19.6. The van der Waals surface area contributed by atoms with Crippen molar-refractivity contribution in [2.45, 2.75) is 123 Å². The van der Waals surface area contributed by atoms with Crippen LogP contribution >= 0.6 is 0 Å². The fourth-order valence-corrected chi connectivity index (χ4v) is 3.72. The topological polar surface area (TPSA) is 150 Å². The summed E-state index contributed by atoms with van der Waals surface area (Å²) in [6, 6.07) is -0.773. The van der Waals surface area contributed by atoms with Crippen molar-refractivity contribution >= 4 is 18.0 Å². The predicted octanol–water partition coefficient (Wildman–Crippen LogP) is 4.73. The lowest BCUT2D eigenvalue weighted by Gasteiger charge is -2.29. The normalized spacial score (nSPS) is 11.9. The van der Waals surface area contributed by atoms with Crippen LogP contribution in [0.5, 0.6) is 0 Å². The summed E-state index contributed by atoms with van der Waals surface area (Å²) in [5.74, 6) is -0.561. The van der Waals surface area contributed by atoms with Crippen molar-refractivity contribution in [2.75, 3.05) is 19.6 Å². The number of amides is 2. The number of carbonyl (C=O) groups is 2. The number of hydrogen-bond donors (Lipinski definition) is 4. The Morgan fingerprint density at radius 1 is 0.944 bits per heavy atom. The van der Waals surface area contributed by atoms with Crippen LogP contribution < -0.4 is 16.1 Å². The quantitative estimate of drug-likeness (QED) is 0.0639. The molecule has 0 saturated heterocycles. The number of nitrogens with zero attached hydrogens (tertiary/aromatic N) is 2. The summed E-state index contributed by atoms with van der Waals surface area (Å²) in [6.45, 7) is 11.2. The molecule has 0 aliphatic rings. The molecule has 36 heavy (non-hydrogen) atoms. The van der Waals surface area contributed by atoms with Gasteiger partial charge in [-0.2, -0.15) is 0 Å². The maximum absolute atomic E-state index is 13.5. The van der Waals surface area contributed by atoms with Crippen molar-refractivity contribution < 1.29 is 19.4 Å². The number of ether oxygens (including phenoxy) is 1. The number of rotatable bonds is 19. The molecule has 0 unspecified atom stereocenters. The Bertz CT molecular complexity index is 639. The molecule has 4 N–H and O–H groups in total. The Morgan fingerprint density at radius 3 is 1.94 bits per heavy atom. The van der Waals surface area contributed by atoms with Gasteiger partial charge < -0.3 is 20.3 Å². The van der Waals surface area contributed by atoms with Gasteiger partial charge in [-0.25, -0.2) is 14.9 Å². The number of carbonyl (C=O) groups excluding carboxylic acids is 2. The highest BCUT2D eigenvalue weighted by Crippen LogP contribution is 2.12. The molecule has 0 saturated carbocycles. The van der Waals surface area contributed by atoms with Gasteiger partial charge in [0.15, 0.2) is 5.03 Å². The third-order valence-corrected chi connectivity index (χ3v) is 5.54. The number of guanidine groups is 1. The summed E-state index contributed by atoms with van der Waals surface area (Å²) >= 11 is 0. The van der Waals surface area contributed by atoms with Crippen molar-refractivity contribution in [1.82, 2.24) is 21.0 Å². The molecule has 11 heteroatoms. The average Bonchev–Trinajstić information content (AvgIpc) is 2.77. The van der Waals surface area contributed by atoms with E-state index in [0.29, 0.717) is 25.9 Å². The fraction of sp³-hybridized carbons (Fsp3) is 0.880. The van der Waals surface area contributed by atoms with E-state index >= 15 is 0 Å². The molecule has 0 fully saturated rings. The molecular formula is C25H50N6O5. The Balaban J connectivity index is 5.21. The Labute approximate surface area is 217 Å². The maximum atomic E-state index is 13.5. The smallest absolute Gasteiger partial charge is 0.408 e. The number of nitro groups is 1. The van der Waals surface area contributed by atoms with Gasteiger partial charge in [-0.05, 0) is 46.5 Å². The first-order valence-corrected chi connectivity index (χ1v) is 13.5.